The van der Waals surface area contributed by atoms with E-state index < -0.39 is 0 Å². The molecular formula is C7H6BrClINO2. The molecule has 3 nitrogen and oxygen atoms in total. The fraction of sp³-hybridized carbons (Fsp3) is 0.286. The molecule has 0 spiro atoms. The third-order valence-electron chi connectivity index (χ3n) is 1.18. The second-order valence-corrected chi connectivity index (χ2v) is 4.42. The van der Waals surface area contributed by atoms with Gasteiger partial charge in [0.15, 0.2) is 17.7 Å². The third-order valence-corrected chi connectivity index (χ3v) is 2.57. The van der Waals surface area contributed by atoms with Gasteiger partial charge in [0.05, 0.1) is 4.47 Å². The van der Waals surface area contributed by atoms with Gasteiger partial charge in [-0.3, -0.25) is 0 Å². The minimum atomic E-state index is 0.153. The Morgan fingerprint density at radius 3 is 2.92 bits per heavy atom. The van der Waals surface area contributed by atoms with E-state index in [1.165, 1.54) is 0 Å². The summed E-state index contributed by atoms with van der Waals surface area (Å²) in [5, 5.41) is 0.329. The van der Waals surface area contributed by atoms with Crippen molar-refractivity contribution in [3.8, 4) is 5.75 Å². The van der Waals surface area contributed by atoms with E-state index >= 15 is 0 Å². The molecule has 0 fully saturated rings. The molecule has 0 N–H and O–H groups in total. The summed E-state index contributed by atoms with van der Waals surface area (Å²) in [6.45, 7) is 0.153. The molecule has 0 aromatic carbocycles. The van der Waals surface area contributed by atoms with Crippen LogP contribution in [0.25, 0.3) is 0 Å². The van der Waals surface area contributed by atoms with Crippen LogP contribution in [0.15, 0.2) is 10.5 Å². The lowest BCUT2D eigenvalue weighted by Gasteiger charge is -2.08. The maximum atomic E-state index is 5.84. The molecule has 1 rings (SSSR count). The number of hydrogen-bond acceptors (Lipinski definition) is 3. The second kappa shape index (κ2) is 5.33. The van der Waals surface area contributed by atoms with Crippen LogP contribution in [0.5, 0.6) is 5.75 Å². The molecule has 0 radical (unpaired) electrons. The van der Waals surface area contributed by atoms with Crippen molar-refractivity contribution in [2.24, 2.45) is 0 Å². The maximum Gasteiger partial charge on any atom is 0.188 e. The summed E-state index contributed by atoms with van der Waals surface area (Å²) in [7, 11) is 1.54. The van der Waals surface area contributed by atoms with Crippen LogP contribution in [0.3, 0.4) is 0 Å². The lowest BCUT2D eigenvalue weighted by atomic mass is 10.5. The highest BCUT2D eigenvalue weighted by molar-refractivity contribution is 14.1. The fourth-order valence-electron chi connectivity index (χ4n) is 0.692. The van der Waals surface area contributed by atoms with Crippen LogP contribution < -0.4 is 4.74 Å². The van der Waals surface area contributed by atoms with E-state index in [-0.39, 0.29) is 6.79 Å². The van der Waals surface area contributed by atoms with Gasteiger partial charge in [-0.2, -0.15) is 0 Å². The lowest BCUT2D eigenvalue weighted by molar-refractivity contribution is 0.0503. The summed E-state index contributed by atoms with van der Waals surface area (Å²) in [5.74, 6) is 0.504. The molecule has 0 aliphatic rings. The van der Waals surface area contributed by atoms with E-state index in [0.717, 1.165) is 8.17 Å². The number of halogens is 3. The molecule has 1 heterocycles. The average molecular weight is 378 g/mol. The zero-order valence-electron chi connectivity index (χ0n) is 6.68. The molecule has 0 unspecified atom stereocenters. The number of methoxy groups -OCH3 is 1. The Morgan fingerprint density at radius 1 is 1.69 bits per heavy atom. The van der Waals surface area contributed by atoms with Gasteiger partial charge < -0.3 is 9.47 Å². The zero-order valence-corrected chi connectivity index (χ0v) is 11.2. The molecule has 0 atom stereocenters. The highest BCUT2D eigenvalue weighted by atomic mass is 127. The molecule has 0 aliphatic heterocycles. The van der Waals surface area contributed by atoms with Crippen molar-refractivity contribution in [1.29, 1.82) is 0 Å². The molecule has 72 valence electrons. The Hall–Kier alpha value is 0.410. The number of pyridine rings is 1. The number of rotatable bonds is 3. The van der Waals surface area contributed by atoms with Gasteiger partial charge in [-0.05, 0) is 44.6 Å². The van der Waals surface area contributed by atoms with E-state index in [0.29, 0.717) is 10.9 Å². The summed E-state index contributed by atoms with van der Waals surface area (Å²) in [5.41, 5.74) is 0. The van der Waals surface area contributed by atoms with Crippen molar-refractivity contribution in [2.45, 2.75) is 0 Å². The lowest BCUT2D eigenvalue weighted by Crippen LogP contribution is -2.01. The maximum absolute atomic E-state index is 5.84. The third kappa shape index (κ3) is 3.23. The molecular weight excluding hydrogens is 372 g/mol. The molecule has 0 saturated carbocycles. The van der Waals surface area contributed by atoms with Crippen LogP contribution in [0, 0.1) is 3.70 Å². The predicted octanol–water partition coefficient (Wildman–Crippen LogP) is 3.08. The van der Waals surface area contributed by atoms with Gasteiger partial charge in [-0.15, -0.1) is 0 Å². The Balaban J connectivity index is 2.92. The van der Waals surface area contributed by atoms with Crippen LogP contribution in [0.4, 0.5) is 0 Å². The molecule has 13 heavy (non-hydrogen) atoms. The topological polar surface area (TPSA) is 31.4 Å². The summed E-state index contributed by atoms with van der Waals surface area (Å²) in [4.78, 5) is 4.03. The van der Waals surface area contributed by atoms with Gasteiger partial charge in [0.25, 0.3) is 0 Å². The van der Waals surface area contributed by atoms with Crippen molar-refractivity contribution in [3.63, 3.8) is 0 Å². The van der Waals surface area contributed by atoms with E-state index in [2.05, 4.69) is 43.5 Å². The standard InChI is InChI=1S/C7H6BrClINO2/c1-12-3-13-6-4(8)2-5(10)11-7(6)9/h2H,3H2,1H3. The summed E-state index contributed by atoms with van der Waals surface area (Å²) < 4.78 is 11.5. The minimum absolute atomic E-state index is 0.153. The summed E-state index contributed by atoms with van der Waals surface area (Å²) in [6.07, 6.45) is 0. The Labute approximate surface area is 103 Å². The van der Waals surface area contributed by atoms with Crippen molar-refractivity contribution in [3.05, 3.63) is 19.4 Å². The van der Waals surface area contributed by atoms with Crippen molar-refractivity contribution in [1.82, 2.24) is 4.98 Å². The highest BCUT2D eigenvalue weighted by Gasteiger charge is 2.09. The van der Waals surface area contributed by atoms with Crippen LogP contribution in [0.2, 0.25) is 5.15 Å². The van der Waals surface area contributed by atoms with Gasteiger partial charge in [-0.1, -0.05) is 11.6 Å². The largest absolute Gasteiger partial charge is 0.463 e. The summed E-state index contributed by atoms with van der Waals surface area (Å²) >= 11 is 11.2. The number of nitrogens with zero attached hydrogens (tertiary/aromatic N) is 1. The minimum Gasteiger partial charge on any atom is -0.463 e. The van der Waals surface area contributed by atoms with Gasteiger partial charge in [0, 0.05) is 7.11 Å². The Bertz CT molecular complexity index is 288. The average Bonchev–Trinajstić information content (AvgIpc) is 2.02. The van der Waals surface area contributed by atoms with E-state index in [4.69, 9.17) is 21.1 Å². The monoisotopic (exact) mass is 377 g/mol. The van der Waals surface area contributed by atoms with Crippen molar-refractivity contribution < 1.29 is 9.47 Å². The fourth-order valence-corrected chi connectivity index (χ4v) is 2.70. The first-order valence-corrected chi connectivity index (χ1v) is 5.53. The Morgan fingerprint density at radius 2 is 2.38 bits per heavy atom. The number of ether oxygens (including phenoxy) is 2. The van der Waals surface area contributed by atoms with Gasteiger partial charge in [0.1, 0.15) is 3.70 Å². The zero-order chi connectivity index (χ0) is 9.84. The van der Waals surface area contributed by atoms with Gasteiger partial charge >= 0.3 is 0 Å². The molecule has 1 aromatic heterocycles. The van der Waals surface area contributed by atoms with Crippen LogP contribution in [-0.4, -0.2) is 18.9 Å². The van der Waals surface area contributed by atoms with Crippen molar-refractivity contribution in [2.75, 3.05) is 13.9 Å². The van der Waals surface area contributed by atoms with Crippen LogP contribution in [-0.2, 0) is 4.74 Å². The number of hydrogen-bond donors (Lipinski definition) is 0. The van der Waals surface area contributed by atoms with E-state index in [9.17, 15) is 0 Å². The molecule has 0 amide bonds. The first-order valence-electron chi connectivity index (χ1n) is 3.28. The second-order valence-electron chi connectivity index (χ2n) is 2.10. The Kier molecular flexibility index (Phi) is 4.71. The quantitative estimate of drug-likeness (QED) is 0.460. The van der Waals surface area contributed by atoms with Gasteiger partial charge in [0.2, 0.25) is 0 Å². The number of aromatic nitrogens is 1. The molecule has 0 aliphatic carbocycles. The predicted molar refractivity (Wildman–Crippen MR) is 62.2 cm³/mol. The van der Waals surface area contributed by atoms with E-state index in [1.807, 2.05) is 6.07 Å². The molecule has 0 bridgehead atoms. The molecule has 6 heteroatoms. The molecule has 1 aromatic rings. The normalized spacial score (nSPS) is 10.2. The van der Waals surface area contributed by atoms with Crippen molar-refractivity contribution >= 4 is 50.1 Å². The highest BCUT2D eigenvalue weighted by Crippen LogP contribution is 2.32. The molecule has 0 saturated heterocycles. The summed E-state index contributed by atoms with van der Waals surface area (Å²) in [6, 6.07) is 1.82. The van der Waals surface area contributed by atoms with Gasteiger partial charge in [-0.25, -0.2) is 4.98 Å². The first kappa shape index (κ1) is 11.5. The van der Waals surface area contributed by atoms with Crippen LogP contribution >= 0.6 is 50.1 Å². The SMILES string of the molecule is COCOc1c(Br)cc(I)nc1Cl. The van der Waals surface area contributed by atoms with E-state index in [1.54, 1.807) is 7.11 Å². The first-order chi connectivity index (χ1) is 6.15. The van der Waals surface area contributed by atoms with Crippen LogP contribution in [0.1, 0.15) is 0 Å². The smallest absolute Gasteiger partial charge is 0.188 e.